The van der Waals surface area contributed by atoms with E-state index in [1.807, 2.05) is 44.2 Å². The zero-order valence-electron chi connectivity index (χ0n) is 26.9. The average molecular weight is 636 g/mol. The van der Waals surface area contributed by atoms with Crippen molar-refractivity contribution in [3.63, 3.8) is 0 Å². The van der Waals surface area contributed by atoms with Gasteiger partial charge in [0.15, 0.2) is 11.9 Å². The highest BCUT2D eigenvalue weighted by atomic mass is 28.4. The number of hydrogen-bond acceptors (Lipinski definition) is 8. The van der Waals surface area contributed by atoms with Crippen LogP contribution in [0.2, 0.25) is 5.04 Å². The van der Waals surface area contributed by atoms with E-state index in [-0.39, 0.29) is 24.5 Å². The Balaban J connectivity index is 1.41. The molecule has 2 fully saturated rings. The Kier molecular flexibility index (Phi) is 10.4. The van der Waals surface area contributed by atoms with Crippen LogP contribution in [0, 0.1) is 0 Å². The standard InChI is InChI=1S/C35H45NO8Si/c1-34(2,3)45(26-18-12-8-13-19-26,27-20-14-9-15-21-27)41-23-28-31(42-28)32(43-33(37)36-25-16-10-7-11-17-25)30(39-24-38-6)29-22-40-35(4,5)44-29/h7-21,28-32H,22-24H2,1-6H3,(H,36,37)/t28-,29+,30+,31-,32-/m0/s1. The predicted molar refractivity (Wildman–Crippen MR) is 174 cm³/mol. The number of ether oxygens (including phenoxy) is 6. The summed E-state index contributed by atoms with van der Waals surface area (Å²) < 4.78 is 42.9. The Morgan fingerprint density at radius 1 is 0.933 bits per heavy atom. The van der Waals surface area contributed by atoms with Gasteiger partial charge in [0.1, 0.15) is 31.2 Å². The van der Waals surface area contributed by atoms with Gasteiger partial charge in [-0.2, -0.15) is 0 Å². The van der Waals surface area contributed by atoms with Crippen molar-refractivity contribution in [3.05, 3.63) is 91.0 Å². The van der Waals surface area contributed by atoms with Crippen LogP contribution >= 0.6 is 0 Å². The third kappa shape index (κ3) is 7.83. The van der Waals surface area contributed by atoms with Gasteiger partial charge < -0.3 is 32.8 Å². The molecule has 1 amide bonds. The Morgan fingerprint density at radius 3 is 2.02 bits per heavy atom. The third-order valence-electron chi connectivity index (χ3n) is 8.19. The molecule has 2 aliphatic heterocycles. The first-order valence-corrected chi connectivity index (χ1v) is 17.3. The number of hydrogen-bond donors (Lipinski definition) is 1. The lowest BCUT2D eigenvalue weighted by Crippen LogP contribution is -2.67. The van der Waals surface area contributed by atoms with Gasteiger partial charge in [-0.3, -0.25) is 5.32 Å². The Bertz CT molecular complexity index is 1330. The van der Waals surface area contributed by atoms with Gasteiger partial charge in [0, 0.05) is 12.8 Å². The molecular formula is C35H45NO8Si. The van der Waals surface area contributed by atoms with E-state index < -0.39 is 44.6 Å². The maximum Gasteiger partial charge on any atom is 0.412 e. The maximum atomic E-state index is 13.2. The van der Waals surface area contributed by atoms with Gasteiger partial charge in [0.05, 0.1) is 13.2 Å². The van der Waals surface area contributed by atoms with Crippen molar-refractivity contribution in [2.45, 2.75) is 76.0 Å². The summed E-state index contributed by atoms with van der Waals surface area (Å²) in [5, 5.41) is 4.96. The fourth-order valence-corrected chi connectivity index (χ4v) is 10.7. The first-order valence-electron chi connectivity index (χ1n) is 15.4. The van der Waals surface area contributed by atoms with Crippen molar-refractivity contribution in [3.8, 4) is 0 Å². The number of carbonyl (C=O) groups is 1. The first-order chi connectivity index (χ1) is 21.5. The molecule has 1 N–H and O–H groups in total. The molecule has 0 saturated carbocycles. The van der Waals surface area contributed by atoms with Crippen LogP contribution in [0.25, 0.3) is 0 Å². The van der Waals surface area contributed by atoms with E-state index in [1.54, 1.807) is 19.2 Å². The summed E-state index contributed by atoms with van der Waals surface area (Å²) in [5.41, 5.74) is 0.612. The molecule has 0 radical (unpaired) electrons. The van der Waals surface area contributed by atoms with Crippen molar-refractivity contribution >= 4 is 30.5 Å². The third-order valence-corrected chi connectivity index (χ3v) is 13.2. The highest BCUT2D eigenvalue weighted by molar-refractivity contribution is 6.99. The summed E-state index contributed by atoms with van der Waals surface area (Å²) in [5.74, 6) is -0.813. The van der Waals surface area contributed by atoms with Crippen molar-refractivity contribution in [2.24, 2.45) is 0 Å². The summed E-state index contributed by atoms with van der Waals surface area (Å²) >= 11 is 0. The number of para-hydroxylation sites is 1. The summed E-state index contributed by atoms with van der Waals surface area (Å²) in [6, 6.07) is 30.0. The second kappa shape index (κ2) is 14.1. The average Bonchev–Trinajstić information content (AvgIpc) is 3.70. The monoisotopic (exact) mass is 635 g/mol. The number of carbonyl (C=O) groups excluding carboxylic acids is 1. The molecule has 9 nitrogen and oxygen atoms in total. The second-order valence-corrected chi connectivity index (χ2v) is 17.2. The largest absolute Gasteiger partial charge is 0.440 e. The number of anilines is 1. The summed E-state index contributed by atoms with van der Waals surface area (Å²) in [4.78, 5) is 13.2. The number of methoxy groups -OCH3 is 1. The molecule has 5 rings (SSSR count). The topological polar surface area (TPSA) is 97.0 Å². The minimum absolute atomic E-state index is 0.0267. The Labute approximate surface area is 267 Å². The molecule has 0 bridgehead atoms. The predicted octanol–water partition coefficient (Wildman–Crippen LogP) is 5.09. The van der Waals surface area contributed by atoms with Gasteiger partial charge in [-0.05, 0) is 41.4 Å². The van der Waals surface area contributed by atoms with Gasteiger partial charge in [0.25, 0.3) is 8.32 Å². The van der Waals surface area contributed by atoms with Gasteiger partial charge in [0.2, 0.25) is 0 Å². The number of benzene rings is 3. The SMILES string of the molecule is COCO[C@@H]([C@H](OC(=O)Nc1ccccc1)[C@H]1O[C@H]1CO[Si](c1ccccc1)(c1ccccc1)C(C)(C)C)[C@H]1COC(C)(C)O1. The number of epoxide rings is 1. The van der Waals surface area contributed by atoms with Crippen molar-refractivity contribution < 1.29 is 37.6 Å². The molecule has 0 unspecified atom stereocenters. The van der Waals surface area contributed by atoms with E-state index >= 15 is 0 Å². The van der Waals surface area contributed by atoms with E-state index in [1.165, 1.54) is 10.4 Å². The summed E-state index contributed by atoms with van der Waals surface area (Å²) in [6.45, 7) is 10.9. The number of nitrogens with one attached hydrogen (secondary N) is 1. The van der Waals surface area contributed by atoms with Crippen LogP contribution in [0.4, 0.5) is 10.5 Å². The highest BCUT2D eigenvalue weighted by Crippen LogP contribution is 2.40. The quantitative estimate of drug-likeness (QED) is 0.158. The van der Waals surface area contributed by atoms with Crippen molar-refractivity contribution in [2.75, 3.05) is 32.4 Å². The lowest BCUT2D eigenvalue weighted by Gasteiger charge is -2.43. The molecule has 5 atom stereocenters. The maximum absolute atomic E-state index is 13.2. The van der Waals surface area contributed by atoms with Crippen molar-refractivity contribution in [1.82, 2.24) is 0 Å². The van der Waals surface area contributed by atoms with Crippen LogP contribution in [-0.2, 0) is 32.8 Å². The van der Waals surface area contributed by atoms with Gasteiger partial charge in [-0.1, -0.05) is 99.6 Å². The minimum atomic E-state index is -2.81. The molecule has 3 aromatic rings. The molecular weight excluding hydrogens is 590 g/mol. The van der Waals surface area contributed by atoms with Crippen molar-refractivity contribution in [1.29, 1.82) is 0 Å². The van der Waals surface area contributed by atoms with Crippen LogP contribution in [0.1, 0.15) is 34.6 Å². The molecule has 10 heteroatoms. The fraction of sp³-hybridized carbons (Fsp3) is 0.457. The van der Waals surface area contributed by atoms with Crippen LogP contribution in [0.15, 0.2) is 91.0 Å². The first kappa shape index (κ1) is 33.3. The lowest BCUT2D eigenvalue weighted by atomic mass is 10.0. The molecule has 0 spiro atoms. The second-order valence-electron chi connectivity index (χ2n) is 12.9. The van der Waals surface area contributed by atoms with E-state index in [2.05, 4.69) is 74.6 Å². The van der Waals surface area contributed by atoms with E-state index in [0.29, 0.717) is 12.3 Å². The zero-order chi connectivity index (χ0) is 32.1. The fourth-order valence-electron chi connectivity index (χ4n) is 6.10. The van der Waals surface area contributed by atoms with E-state index in [4.69, 9.17) is 32.8 Å². The minimum Gasteiger partial charge on any atom is -0.440 e. The molecule has 2 saturated heterocycles. The zero-order valence-corrected chi connectivity index (χ0v) is 27.9. The highest BCUT2D eigenvalue weighted by Gasteiger charge is 2.57. The molecule has 2 heterocycles. The van der Waals surface area contributed by atoms with Gasteiger partial charge in [-0.25, -0.2) is 4.79 Å². The van der Waals surface area contributed by atoms with Crippen LogP contribution < -0.4 is 15.7 Å². The summed E-state index contributed by atoms with van der Waals surface area (Å²) in [7, 11) is -1.27. The lowest BCUT2D eigenvalue weighted by molar-refractivity contribution is -0.188. The molecule has 0 aliphatic carbocycles. The molecule has 45 heavy (non-hydrogen) atoms. The summed E-state index contributed by atoms with van der Waals surface area (Å²) in [6.07, 6.45) is -3.55. The smallest absolute Gasteiger partial charge is 0.412 e. The van der Waals surface area contributed by atoms with Gasteiger partial charge in [-0.15, -0.1) is 0 Å². The number of amides is 1. The Morgan fingerprint density at radius 2 is 1.51 bits per heavy atom. The van der Waals surface area contributed by atoms with Crippen LogP contribution in [0.3, 0.4) is 0 Å². The molecule has 242 valence electrons. The molecule has 0 aromatic heterocycles. The number of rotatable bonds is 13. The molecule has 2 aliphatic rings. The van der Waals surface area contributed by atoms with E-state index in [0.717, 1.165) is 0 Å². The normalized spacial score (nSPS) is 22.4. The van der Waals surface area contributed by atoms with E-state index in [9.17, 15) is 4.79 Å². The molecule has 3 aromatic carbocycles. The van der Waals surface area contributed by atoms with Crippen LogP contribution in [0.5, 0.6) is 0 Å². The Hall–Kier alpha value is -3.09. The van der Waals surface area contributed by atoms with Crippen LogP contribution in [-0.4, -0.2) is 77.8 Å². The van der Waals surface area contributed by atoms with Gasteiger partial charge >= 0.3 is 6.09 Å².